The molecule has 0 unspecified atom stereocenters. The van der Waals surface area contributed by atoms with Crippen molar-refractivity contribution in [2.45, 2.75) is 30.8 Å². The number of amides is 1. The molecule has 1 fully saturated rings. The van der Waals surface area contributed by atoms with Gasteiger partial charge in [0.15, 0.2) is 18.1 Å². The lowest BCUT2D eigenvalue weighted by Gasteiger charge is -2.26. The molecule has 2 heterocycles. The largest absolute Gasteiger partial charge is 0.483 e. The molecule has 8 nitrogen and oxygen atoms in total. The molecule has 0 aromatic heterocycles. The Bertz CT molecular complexity index is 1080. The van der Waals surface area contributed by atoms with Crippen LogP contribution >= 0.6 is 0 Å². The number of nitrogens with zero attached hydrogens (tertiary/aromatic N) is 1. The molecule has 166 valence electrons. The first-order chi connectivity index (χ1) is 14.7. The van der Waals surface area contributed by atoms with Gasteiger partial charge in [-0.05, 0) is 38.1 Å². The van der Waals surface area contributed by atoms with E-state index < -0.39 is 15.9 Å². The number of benzene rings is 2. The first-order valence-corrected chi connectivity index (χ1v) is 11.6. The molecule has 2 aromatic carbocycles. The third-order valence-corrected chi connectivity index (χ3v) is 7.03. The monoisotopic (exact) mass is 446 g/mol. The van der Waals surface area contributed by atoms with Gasteiger partial charge in [0.2, 0.25) is 10.0 Å². The molecular formula is C22H26N2O6S. The maximum absolute atomic E-state index is 12.8. The summed E-state index contributed by atoms with van der Waals surface area (Å²) in [5.41, 5.74) is 1.12. The zero-order valence-corrected chi connectivity index (χ0v) is 18.4. The predicted molar refractivity (Wildman–Crippen MR) is 115 cm³/mol. The molecule has 2 aromatic rings. The summed E-state index contributed by atoms with van der Waals surface area (Å²) in [4.78, 5) is 12.6. The van der Waals surface area contributed by atoms with Gasteiger partial charge in [-0.25, -0.2) is 8.42 Å². The fourth-order valence-corrected chi connectivity index (χ4v) is 5.17. The Morgan fingerprint density at radius 1 is 1.16 bits per heavy atom. The molecule has 0 bridgehead atoms. The number of hydrogen-bond acceptors (Lipinski definition) is 6. The standard InChI is InChI=1S/C22H26N2O6S/c1-22(2)14-16-5-3-8-19(21(16)30-22)29-15-20(25)23-17-6-4-7-18(13-17)31(26,27)24-9-11-28-12-10-24/h3-8,13H,9-12,14-15H2,1-2H3,(H,23,25). The van der Waals surface area contributed by atoms with E-state index >= 15 is 0 Å². The van der Waals surface area contributed by atoms with Gasteiger partial charge in [-0.1, -0.05) is 18.2 Å². The van der Waals surface area contributed by atoms with Crippen molar-refractivity contribution < 1.29 is 27.4 Å². The summed E-state index contributed by atoms with van der Waals surface area (Å²) in [7, 11) is -3.64. The molecule has 0 aliphatic carbocycles. The van der Waals surface area contributed by atoms with E-state index in [1.165, 1.54) is 16.4 Å². The van der Waals surface area contributed by atoms with E-state index in [-0.39, 0.29) is 17.1 Å². The molecule has 1 amide bonds. The minimum atomic E-state index is -3.64. The quantitative estimate of drug-likeness (QED) is 0.733. The highest BCUT2D eigenvalue weighted by molar-refractivity contribution is 7.89. The van der Waals surface area contributed by atoms with Crippen LogP contribution in [0.25, 0.3) is 0 Å². The molecule has 0 saturated carbocycles. The van der Waals surface area contributed by atoms with Crippen molar-refractivity contribution in [3.8, 4) is 11.5 Å². The summed E-state index contributed by atoms with van der Waals surface area (Å²) < 4.78 is 43.9. The highest BCUT2D eigenvalue weighted by Gasteiger charge is 2.32. The lowest BCUT2D eigenvalue weighted by atomic mass is 10.0. The Balaban J connectivity index is 1.40. The van der Waals surface area contributed by atoms with Gasteiger partial charge in [-0.15, -0.1) is 0 Å². The molecular weight excluding hydrogens is 420 g/mol. The van der Waals surface area contributed by atoms with Crippen LogP contribution in [0.15, 0.2) is 47.4 Å². The normalized spacial score (nSPS) is 18.1. The third kappa shape index (κ3) is 4.84. The van der Waals surface area contributed by atoms with Crippen molar-refractivity contribution in [1.82, 2.24) is 4.31 Å². The fraction of sp³-hybridized carbons (Fsp3) is 0.409. The summed E-state index contributed by atoms with van der Waals surface area (Å²) in [6, 6.07) is 11.8. The van der Waals surface area contributed by atoms with Gasteiger partial charge in [-0.3, -0.25) is 4.79 Å². The highest BCUT2D eigenvalue weighted by atomic mass is 32.2. The molecule has 0 radical (unpaired) electrons. The van der Waals surface area contributed by atoms with E-state index in [1.807, 2.05) is 26.0 Å². The van der Waals surface area contributed by atoms with E-state index in [9.17, 15) is 13.2 Å². The van der Waals surface area contributed by atoms with Gasteiger partial charge in [0, 0.05) is 30.8 Å². The number of carbonyl (C=O) groups is 1. The lowest BCUT2D eigenvalue weighted by molar-refractivity contribution is -0.118. The van der Waals surface area contributed by atoms with Crippen LogP contribution in [0.2, 0.25) is 0 Å². The molecule has 31 heavy (non-hydrogen) atoms. The maximum atomic E-state index is 12.8. The van der Waals surface area contributed by atoms with Crippen LogP contribution in [0.4, 0.5) is 5.69 Å². The summed E-state index contributed by atoms with van der Waals surface area (Å²) >= 11 is 0. The first-order valence-electron chi connectivity index (χ1n) is 10.2. The highest BCUT2D eigenvalue weighted by Crippen LogP contribution is 2.41. The third-order valence-electron chi connectivity index (χ3n) is 5.14. The molecule has 1 saturated heterocycles. The number of rotatable bonds is 6. The first kappa shape index (κ1) is 21.6. The molecule has 1 N–H and O–H groups in total. The molecule has 2 aliphatic rings. The molecule has 2 aliphatic heterocycles. The number of anilines is 1. The average molecular weight is 447 g/mol. The van der Waals surface area contributed by atoms with Crippen LogP contribution < -0.4 is 14.8 Å². The van der Waals surface area contributed by atoms with Crippen LogP contribution in [-0.4, -0.2) is 57.1 Å². The van der Waals surface area contributed by atoms with Crippen molar-refractivity contribution in [3.05, 3.63) is 48.0 Å². The zero-order valence-electron chi connectivity index (χ0n) is 17.6. The molecule has 9 heteroatoms. The van der Waals surface area contributed by atoms with Crippen LogP contribution in [0.3, 0.4) is 0 Å². The second-order valence-electron chi connectivity index (χ2n) is 8.16. The van der Waals surface area contributed by atoms with E-state index in [2.05, 4.69) is 5.32 Å². The van der Waals surface area contributed by atoms with E-state index in [0.717, 1.165) is 12.0 Å². The number of nitrogens with one attached hydrogen (secondary N) is 1. The maximum Gasteiger partial charge on any atom is 0.262 e. The Kier molecular flexibility index (Phi) is 5.92. The number of morpholine rings is 1. The molecule has 4 rings (SSSR count). The fourth-order valence-electron chi connectivity index (χ4n) is 3.71. The van der Waals surface area contributed by atoms with Gasteiger partial charge in [0.05, 0.1) is 18.1 Å². The van der Waals surface area contributed by atoms with E-state index in [4.69, 9.17) is 14.2 Å². The summed E-state index contributed by atoms with van der Waals surface area (Å²) in [5, 5.41) is 2.70. The number of sulfonamides is 1. The van der Waals surface area contributed by atoms with Gasteiger partial charge in [-0.2, -0.15) is 4.31 Å². The number of carbonyl (C=O) groups excluding carboxylic acids is 1. The number of para-hydroxylation sites is 1. The second-order valence-corrected chi connectivity index (χ2v) is 10.1. The summed E-state index contributed by atoms with van der Waals surface area (Å²) in [5.74, 6) is 0.788. The van der Waals surface area contributed by atoms with Crippen molar-refractivity contribution in [2.75, 3.05) is 38.2 Å². The summed E-state index contributed by atoms with van der Waals surface area (Å²) in [6.07, 6.45) is 0.774. The SMILES string of the molecule is CC1(C)Cc2cccc(OCC(=O)Nc3cccc(S(=O)(=O)N4CCOCC4)c3)c2O1. The topological polar surface area (TPSA) is 94.2 Å². The molecule has 0 spiro atoms. The van der Waals surface area contributed by atoms with Gasteiger partial charge < -0.3 is 19.5 Å². The van der Waals surface area contributed by atoms with Crippen molar-refractivity contribution in [2.24, 2.45) is 0 Å². The van der Waals surface area contributed by atoms with Gasteiger partial charge >= 0.3 is 0 Å². The van der Waals surface area contributed by atoms with Crippen molar-refractivity contribution in [3.63, 3.8) is 0 Å². The summed E-state index contributed by atoms with van der Waals surface area (Å²) in [6.45, 7) is 5.15. The van der Waals surface area contributed by atoms with Crippen LogP contribution in [0.1, 0.15) is 19.4 Å². The van der Waals surface area contributed by atoms with Crippen LogP contribution in [0.5, 0.6) is 11.5 Å². The number of fused-ring (bicyclic) bond motifs is 1. The van der Waals surface area contributed by atoms with Crippen molar-refractivity contribution >= 4 is 21.6 Å². The van der Waals surface area contributed by atoms with E-state index in [0.29, 0.717) is 43.5 Å². The lowest BCUT2D eigenvalue weighted by Crippen LogP contribution is -2.40. The average Bonchev–Trinajstić information content (AvgIpc) is 3.07. The smallest absolute Gasteiger partial charge is 0.262 e. The predicted octanol–water partition coefficient (Wildman–Crippen LogP) is 2.44. The second kappa shape index (κ2) is 8.49. The van der Waals surface area contributed by atoms with Crippen molar-refractivity contribution in [1.29, 1.82) is 0 Å². The molecule has 0 atom stereocenters. The Morgan fingerprint density at radius 2 is 1.90 bits per heavy atom. The Hall–Kier alpha value is -2.62. The number of ether oxygens (including phenoxy) is 3. The van der Waals surface area contributed by atoms with Gasteiger partial charge in [0.1, 0.15) is 5.60 Å². The minimum absolute atomic E-state index is 0.129. The van der Waals surface area contributed by atoms with E-state index in [1.54, 1.807) is 18.2 Å². The zero-order chi connectivity index (χ0) is 22.1. The number of hydrogen-bond donors (Lipinski definition) is 1. The minimum Gasteiger partial charge on any atom is -0.483 e. The Morgan fingerprint density at radius 3 is 2.68 bits per heavy atom. The van der Waals surface area contributed by atoms with Gasteiger partial charge in [0.25, 0.3) is 5.91 Å². The van der Waals surface area contributed by atoms with Crippen LogP contribution in [-0.2, 0) is 26.0 Å². The Labute approximate surface area is 182 Å². The van der Waals surface area contributed by atoms with Crippen LogP contribution in [0, 0.1) is 0 Å².